The Bertz CT molecular complexity index is 1620. The number of fused-ring (bicyclic) bond motifs is 2. The number of carbonyl (C=O) groups excluding carboxylic acids is 2. The Kier molecular flexibility index (Phi) is 11.4. The van der Waals surface area contributed by atoms with Crippen molar-refractivity contribution in [3.63, 3.8) is 0 Å². The van der Waals surface area contributed by atoms with Crippen LogP contribution in [0.2, 0.25) is 0 Å². The number of nitrogens with one attached hydrogen (secondary N) is 2. The van der Waals surface area contributed by atoms with Gasteiger partial charge < -0.3 is 9.73 Å². The molecule has 0 aliphatic carbocycles. The van der Waals surface area contributed by atoms with Crippen molar-refractivity contribution in [2.75, 3.05) is 0 Å². The second-order valence-electron chi connectivity index (χ2n) is 9.48. The van der Waals surface area contributed by atoms with E-state index in [0.29, 0.717) is 34.5 Å². The maximum Gasteiger partial charge on any atom is 0.266 e. The molecule has 1 amide bonds. The minimum atomic E-state index is -3.73. The molecular formula is C31H35ClN4O5S. The first-order chi connectivity index (χ1) is 20.0. The number of ketones is 1. The van der Waals surface area contributed by atoms with Gasteiger partial charge >= 0.3 is 0 Å². The number of amidine groups is 1. The number of oxazole rings is 1. The average Bonchev–Trinajstić information content (AvgIpc) is 3.50. The van der Waals surface area contributed by atoms with Crippen molar-refractivity contribution in [3.8, 4) is 0 Å². The third kappa shape index (κ3) is 8.27. The molecule has 0 bridgehead atoms. The smallest absolute Gasteiger partial charge is 0.266 e. The summed E-state index contributed by atoms with van der Waals surface area (Å²) in [7, 11) is -3.73. The molecule has 1 aliphatic heterocycles. The molecule has 222 valence electrons. The quantitative estimate of drug-likeness (QED) is 0.165. The van der Waals surface area contributed by atoms with Gasteiger partial charge in [0, 0.05) is 10.6 Å². The molecule has 2 aromatic carbocycles. The number of aryl methyl sites for hydroxylation is 1. The molecular weight excluding hydrogens is 576 g/mol. The Balaban J connectivity index is 0.000000467. The van der Waals surface area contributed by atoms with Crippen LogP contribution in [0.5, 0.6) is 0 Å². The lowest BCUT2D eigenvalue weighted by molar-refractivity contribution is -0.122. The fourth-order valence-corrected chi connectivity index (χ4v) is 5.44. The van der Waals surface area contributed by atoms with Crippen LogP contribution in [0.25, 0.3) is 11.1 Å². The third-order valence-electron chi connectivity index (χ3n) is 6.24. The van der Waals surface area contributed by atoms with E-state index in [1.165, 1.54) is 0 Å². The van der Waals surface area contributed by atoms with Crippen LogP contribution in [0.1, 0.15) is 61.8 Å². The van der Waals surface area contributed by atoms with Crippen LogP contribution in [-0.2, 0) is 14.8 Å². The summed E-state index contributed by atoms with van der Waals surface area (Å²) in [6.07, 6.45) is 9.38. The van der Waals surface area contributed by atoms with E-state index in [0.717, 1.165) is 12.0 Å². The molecule has 2 atom stereocenters. The van der Waals surface area contributed by atoms with Crippen LogP contribution in [0, 0.1) is 6.92 Å². The first kappa shape index (κ1) is 32.5. The molecule has 3 aromatic rings. The molecule has 0 radical (unpaired) electrons. The lowest BCUT2D eigenvalue weighted by Gasteiger charge is -2.17. The van der Waals surface area contributed by atoms with E-state index in [-0.39, 0.29) is 16.6 Å². The van der Waals surface area contributed by atoms with Crippen molar-refractivity contribution in [3.05, 3.63) is 95.4 Å². The number of sulfonamides is 1. The van der Waals surface area contributed by atoms with Crippen LogP contribution in [0.3, 0.4) is 0 Å². The number of carbonyl (C=O) groups is 2. The number of allylic oxidation sites excluding steroid dienone is 5. The Labute approximate surface area is 251 Å². The maximum absolute atomic E-state index is 13.0. The van der Waals surface area contributed by atoms with Crippen molar-refractivity contribution in [2.45, 2.75) is 63.9 Å². The van der Waals surface area contributed by atoms with Gasteiger partial charge in [-0.25, -0.2) is 13.4 Å². The summed E-state index contributed by atoms with van der Waals surface area (Å²) in [5.41, 5.74) is 2.26. The highest BCUT2D eigenvalue weighted by Crippen LogP contribution is 2.25. The Morgan fingerprint density at radius 1 is 1.17 bits per heavy atom. The molecule has 0 saturated heterocycles. The van der Waals surface area contributed by atoms with Gasteiger partial charge in [0.1, 0.15) is 17.4 Å². The number of amides is 1. The predicted molar refractivity (Wildman–Crippen MR) is 166 cm³/mol. The lowest BCUT2D eigenvalue weighted by Crippen LogP contribution is -2.45. The summed E-state index contributed by atoms with van der Waals surface area (Å²) >= 11 is 5.45. The molecule has 4 rings (SSSR count). The molecule has 1 aromatic heterocycles. The topological polar surface area (TPSA) is 131 Å². The minimum Gasteiger partial charge on any atom is -0.434 e. The van der Waals surface area contributed by atoms with Crippen LogP contribution >= 0.6 is 11.6 Å². The monoisotopic (exact) mass is 610 g/mol. The Hall–Kier alpha value is -4.02. The molecule has 42 heavy (non-hydrogen) atoms. The average molecular weight is 611 g/mol. The number of halogens is 1. The summed E-state index contributed by atoms with van der Waals surface area (Å²) in [5.74, 6) is -0.881. The van der Waals surface area contributed by atoms with Crippen molar-refractivity contribution in [2.24, 2.45) is 4.99 Å². The van der Waals surface area contributed by atoms with Gasteiger partial charge in [-0.15, -0.1) is 0 Å². The summed E-state index contributed by atoms with van der Waals surface area (Å²) in [5, 5.41) is 3.30. The van der Waals surface area contributed by atoms with E-state index in [1.807, 2.05) is 19.1 Å². The van der Waals surface area contributed by atoms with Gasteiger partial charge in [-0.1, -0.05) is 68.5 Å². The zero-order chi connectivity index (χ0) is 30.9. The fraction of sp³-hybridized carbons (Fsp3) is 0.290. The van der Waals surface area contributed by atoms with E-state index in [9.17, 15) is 18.0 Å². The highest BCUT2D eigenvalue weighted by atomic mass is 35.5. The van der Waals surface area contributed by atoms with Gasteiger partial charge in [0.05, 0.1) is 10.9 Å². The molecule has 0 fully saturated rings. The largest absolute Gasteiger partial charge is 0.434 e. The van der Waals surface area contributed by atoms with Crippen molar-refractivity contribution >= 4 is 50.2 Å². The number of benzene rings is 2. The number of hydrogen-bond acceptors (Lipinski definition) is 7. The fourth-order valence-electron chi connectivity index (χ4n) is 4.03. The van der Waals surface area contributed by atoms with Crippen molar-refractivity contribution < 1.29 is 22.4 Å². The number of aliphatic imine (C=N–C) groups is 1. The second-order valence-corrected chi connectivity index (χ2v) is 11.6. The first-order valence-electron chi connectivity index (χ1n) is 13.5. The Morgan fingerprint density at radius 2 is 1.90 bits per heavy atom. The van der Waals surface area contributed by atoms with Crippen molar-refractivity contribution in [1.29, 1.82) is 0 Å². The molecule has 0 spiro atoms. The molecule has 0 saturated carbocycles. The van der Waals surface area contributed by atoms with Gasteiger partial charge in [0.2, 0.25) is 11.7 Å². The molecule has 0 unspecified atom stereocenters. The zero-order valence-electron chi connectivity index (χ0n) is 24.1. The standard InChI is InChI=1S/C23H24N4O5S.C8H11Cl/c1-4-15(20(28)23-26-17-8-6-7-9-18(17)32-23)25-22(29)16(5-2)24-21-14-11-10-13(3)12-19(14)33(30,31)27-21;1-3-4-5-6-7-8(2)9/h6-12,15-16H,4-5H2,1-3H3,(H,24,27)(H,25,29);3-4,6-7H,2,5H2,1H3/b;4-3-,7-6-/t15-,16+;/m0./s1. The van der Waals surface area contributed by atoms with Crippen LogP contribution < -0.4 is 10.0 Å². The normalized spacial score (nSPS) is 16.1. The van der Waals surface area contributed by atoms with E-state index in [1.54, 1.807) is 69.3 Å². The van der Waals surface area contributed by atoms with E-state index in [4.69, 9.17) is 16.0 Å². The Morgan fingerprint density at radius 3 is 2.55 bits per heavy atom. The van der Waals surface area contributed by atoms with Crippen LogP contribution in [-0.4, -0.2) is 43.0 Å². The lowest BCUT2D eigenvalue weighted by atomic mass is 10.1. The van der Waals surface area contributed by atoms with Crippen LogP contribution in [0.4, 0.5) is 0 Å². The SMILES string of the molecule is C=C(Cl)/C=C\C/C=C\C.CC[C@H](NC(=O)[C@@H](CC)N=C1NS(=O)(=O)c2cc(C)ccc21)C(=O)c1nc2ccccc2o1. The van der Waals surface area contributed by atoms with Gasteiger partial charge in [-0.2, -0.15) is 0 Å². The molecule has 1 aliphatic rings. The van der Waals surface area contributed by atoms with Crippen LogP contribution in [0.15, 0.2) is 92.7 Å². The van der Waals surface area contributed by atoms with E-state index in [2.05, 4.69) is 32.7 Å². The summed E-state index contributed by atoms with van der Waals surface area (Å²) in [4.78, 5) is 34.6. The second kappa shape index (κ2) is 14.7. The highest BCUT2D eigenvalue weighted by molar-refractivity contribution is 7.90. The molecule has 2 N–H and O–H groups in total. The predicted octanol–water partition coefficient (Wildman–Crippen LogP) is 5.99. The summed E-state index contributed by atoms with van der Waals surface area (Å²) in [6, 6.07) is 10.3. The number of Topliss-reactive ketones (excluding diaryl/α,β-unsaturated/α-hetero) is 1. The van der Waals surface area contributed by atoms with E-state index < -0.39 is 33.8 Å². The number of hydrogen-bond donors (Lipinski definition) is 2. The van der Waals surface area contributed by atoms with Gasteiger partial charge in [0.25, 0.3) is 15.9 Å². The van der Waals surface area contributed by atoms with Crippen molar-refractivity contribution in [1.82, 2.24) is 15.0 Å². The molecule has 2 heterocycles. The molecule has 9 nitrogen and oxygen atoms in total. The zero-order valence-corrected chi connectivity index (χ0v) is 25.6. The van der Waals surface area contributed by atoms with Gasteiger partial charge in [-0.3, -0.25) is 19.3 Å². The number of nitrogens with zero attached hydrogens (tertiary/aromatic N) is 2. The molecule has 11 heteroatoms. The third-order valence-corrected chi connectivity index (χ3v) is 7.74. The highest BCUT2D eigenvalue weighted by Gasteiger charge is 2.33. The van der Waals surface area contributed by atoms with Gasteiger partial charge in [-0.05, 0) is 69.0 Å². The number of aromatic nitrogens is 1. The minimum absolute atomic E-state index is 0.0736. The number of rotatable bonds is 10. The van der Waals surface area contributed by atoms with E-state index >= 15 is 0 Å². The number of para-hydroxylation sites is 2. The first-order valence-corrected chi connectivity index (χ1v) is 15.4. The summed E-state index contributed by atoms with van der Waals surface area (Å²) in [6.45, 7) is 10.8. The summed E-state index contributed by atoms with van der Waals surface area (Å²) < 4.78 is 32.9. The maximum atomic E-state index is 13.0. The van der Waals surface area contributed by atoms with Gasteiger partial charge in [0.15, 0.2) is 5.58 Å².